The second-order valence-electron chi connectivity index (χ2n) is 7.79. The number of amides is 1. The number of likely N-dealkylation sites (tertiary alicyclic amines) is 1. The summed E-state index contributed by atoms with van der Waals surface area (Å²) >= 11 is 0. The molecule has 29 heavy (non-hydrogen) atoms. The summed E-state index contributed by atoms with van der Waals surface area (Å²) in [6, 6.07) is 5.88. The number of ether oxygens (including phenoxy) is 2. The van der Waals surface area contributed by atoms with Crippen LogP contribution in [-0.2, 0) is 9.53 Å². The maximum absolute atomic E-state index is 12.9. The molecule has 166 valence electrons. The molecule has 0 radical (unpaired) electrons. The second-order valence-corrected chi connectivity index (χ2v) is 7.79. The van der Waals surface area contributed by atoms with Crippen LogP contribution < -0.4 is 15.4 Å². The number of hydrogen-bond acceptors (Lipinski definition) is 5. The van der Waals surface area contributed by atoms with E-state index in [4.69, 9.17) is 9.47 Å². The summed E-state index contributed by atoms with van der Waals surface area (Å²) in [6.07, 6.45) is 4.19. The highest BCUT2D eigenvalue weighted by Gasteiger charge is 2.39. The van der Waals surface area contributed by atoms with E-state index in [9.17, 15) is 4.79 Å². The lowest BCUT2D eigenvalue weighted by molar-refractivity contribution is -0.130. The molecule has 2 aliphatic rings. The van der Waals surface area contributed by atoms with Gasteiger partial charge in [0.05, 0.1) is 12.0 Å². The maximum atomic E-state index is 12.9. The van der Waals surface area contributed by atoms with Gasteiger partial charge in [-0.3, -0.25) is 9.69 Å². The Morgan fingerprint density at radius 3 is 2.52 bits per heavy atom. The van der Waals surface area contributed by atoms with Gasteiger partial charge < -0.3 is 20.1 Å². The molecule has 0 saturated carbocycles. The van der Waals surface area contributed by atoms with Crippen molar-refractivity contribution < 1.29 is 14.3 Å². The number of anilines is 1. The molecule has 3 rings (SSSR count). The highest BCUT2D eigenvalue weighted by molar-refractivity contribution is 5.95. The quantitative estimate of drug-likeness (QED) is 0.639. The highest BCUT2D eigenvalue weighted by Crippen LogP contribution is 2.31. The lowest BCUT2D eigenvalue weighted by Gasteiger charge is -2.35. The predicted molar refractivity (Wildman–Crippen MR) is 122 cm³/mol. The first kappa shape index (κ1) is 26.0. The van der Waals surface area contributed by atoms with Crippen LogP contribution in [0.5, 0.6) is 5.75 Å². The average molecular weight is 448 g/mol. The summed E-state index contributed by atoms with van der Waals surface area (Å²) in [5, 5.41) is 6.41. The molecule has 1 aromatic rings. The maximum Gasteiger partial charge on any atom is 0.233 e. The van der Waals surface area contributed by atoms with Crippen LogP contribution in [0.15, 0.2) is 18.2 Å². The summed E-state index contributed by atoms with van der Waals surface area (Å²) in [5.41, 5.74) is 1.41. The number of hydrogen-bond donors (Lipinski definition) is 2. The van der Waals surface area contributed by atoms with Crippen LogP contribution in [-0.4, -0.2) is 63.9 Å². The molecular formula is C21H35Cl2N3O3. The number of carbonyl (C=O) groups excluding carboxylic acids is 1. The molecule has 0 aromatic heterocycles. The lowest BCUT2D eigenvalue weighted by Crippen LogP contribution is -2.47. The van der Waals surface area contributed by atoms with Gasteiger partial charge in [-0.2, -0.15) is 0 Å². The molecule has 0 bridgehead atoms. The van der Waals surface area contributed by atoms with Crippen LogP contribution in [0.2, 0.25) is 0 Å². The van der Waals surface area contributed by atoms with E-state index in [0.29, 0.717) is 13.2 Å². The van der Waals surface area contributed by atoms with Crippen LogP contribution in [0.3, 0.4) is 0 Å². The number of piperidine rings is 1. The normalized spacial score (nSPS) is 18.4. The third-order valence-electron chi connectivity index (χ3n) is 5.76. The van der Waals surface area contributed by atoms with Crippen LogP contribution in [0.4, 0.5) is 5.69 Å². The van der Waals surface area contributed by atoms with Crippen molar-refractivity contribution in [3.63, 3.8) is 0 Å². The number of rotatable bonds is 8. The van der Waals surface area contributed by atoms with E-state index in [1.165, 1.54) is 25.9 Å². The molecule has 1 aromatic carbocycles. The van der Waals surface area contributed by atoms with Gasteiger partial charge in [0.1, 0.15) is 12.4 Å². The van der Waals surface area contributed by atoms with E-state index in [0.717, 1.165) is 49.5 Å². The van der Waals surface area contributed by atoms with E-state index in [-0.39, 0.29) is 30.7 Å². The van der Waals surface area contributed by atoms with Gasteiger partial charge in [0.2, 0.25) is 5.91 Å². The monoisotopic (exact) mass is 447 g/mol. The molecule has 0 unspecified atom stereocenters. The first-order valence-electron chi connectivity index (χ1n) is 10.1. The largest absolute Gasteiger partial charge is 0.492 e. The molecule has 2 fully saturated rings. The molecule has 8 heteroatoms. The zero-order chi connectivity index (χ0) is 19.1. The van der Waals surface area contributed by atoms with Crippen molar-refractivity contribution in [2.75, 3.05) is 58.4 Å². The van der Waals surface area contributed by atoms with Gasteiger partial charge in [-0.1, -0.05) is 0 Å². The van der Waals surface area contributed by atoms with Crippen molar-refractivity contribution in [2.24, 2.45) is 5.41 Å². The first-order chi connectivity index (χ1) is 13.1. The topological polar surface area (TPSA) is 62.8 Å². The van der Waals surface area contributed by atoms with Crippen molar-refractivity contribution in [3.8, 4) is 5.75 Å². The molecular weight excluding hydrogens is 413 g/mol. The fraction of sp³-hybridized carbons (Fsp3) is 0.667. The Morgan fingerprint density at radius 2 is 1.90 bits per heavy atom. The van der Waals surface area contributed by atoms with Gasteiger partial charge in [-0.25, -0.2) is 0 Å². The third-order valence-corrected chi connectivity index (χ3v) is 5.76. The average Bonchev–Trinajstić information content (AvgIpc) is 3.18. The van der Waals surface area contributed by atoms with Crippen LogP contribution in [0.25, 0.3) is 0 Å². The molecule has 2 saturated heterocycles. The van der Waals surface area contributed by atoms with Gasteiger partial charge in [-0.05, 0) is 82.5 Å². The standard InChI is InChI=1S/C21H33N3O3.2ClH/c1-17-15-18(5-6-19(17)27-14-13-24-11-3-4-12-24)23-20(25)21(16-26-2)7-9-22-10-8-21;;/h5-6,15,22H,3-4,7-14,16H2,1-2H3,(H,23,25);2*1H. The van der Waals surface area contributed by atoms with Crippen LogP contribution in [0.1, 0.15) is 31.2 Å². The van der Waals surface area contributed by atoms with E-state index in [2.05, 4.69) is 15.5 Å². The SMILES string of the molecule is COCC1(C(=O)Nc2ccc(OCCN3CCCC3)c(C)c2)CCNCC1.Cl.Cl. The predicted octanol–water partition coefficient (Wildman–Crippen LogP) is 3.27. The Labute approximate surface area is 186 Å². The number of benzene rings is 1. The van der Waals surface area contributed by atoms with E-state index in [1.807, 2.05) is 25.1 Å². The molecule has 2 aliphatic heterocycles. The Balaban J connectivity index is 0.00000210. The second kappa shape index (κ2) is 12.6. The summed E-state index contributed by atoms with van der Waals surface area (Å²) in [6.45, 7) is 8.23. The van der Waals surface area contributed by atoms with Gasteiger partial charge in [0.15, 0.2) is 0 Å². The fourth-order valence-electron chi connectivity index (χ4n) is 4.06. The van der Waals surface area contributed by atoms with Gasteiger partial charge in [0.25, 0.3) is 0 Å². The van der Waals surface area contributed by atoms with E-state index in [1.54, 1.807) is 7.11 Å². The highest BCUT2D eigenvalue weighted by atomic mass is 35.5. The molecule has 0 aliphatic carbocycles. The number of methoxy groups -OCH3 is 1. The minimum atomic E-state index is -0.446. The summed E-state index contributed by atoms with van der Waals surface area (Å²) in [4.78, 5) is 15.4. The Hall–Kier alpha value is -1.05. The zero-order valence-electron chi connectivity index (χ0n) is 17.5. The molecule has 0 spiro atoms. The third kappa shape index (κ3) is 7.00. The first-order valence-corrected chi connectivity index (χ1v) is 10.1. The van der Waals surface area contributed by atoms with Crippen molar-refractivity contribution in [2.45, 2.75) is 32.6 Å². The van der Waals surface area contributed by atoms with E-state index >= 15 is 0 Å². The molecule has 6 nitrogen and oxygen atoms in total. The number of nitrogens with zero attached hydrogens (tertiary/aromatic N) is 1. The molecule has 2 heterocycles. The fourth-order valence-corrected chi connectivity index (χ4v) is 4.06. The lowest BCUT2D eigenvalue weighted by atomic mass is 9.78. The smallest absolute Gasteiger partial charge is 0.233 e. The van der Waals surface area contributed by atoms with E-state index < -0.39 is 5.41 Å². The van der Waals surface area contributed by atoms with Gasteiger partial charge >= 0.3 is 0 Å². The van der Waals surface area contributed by atoms with Crippen molar-refractivity contribution in [1.29, 1.82) is 0 Å². The number of halogens is 2. The number of nitrogens with one attached hydrogen (secondary N) is 2. The minimum Gasteiger partial charge on any atom is -0.492 e. The van der Waals surface area contributed by atoms with Crippen molar-refractivity contribution in [3.05, 3.63) is 23.8 Å². The van der Waals surface area contributed by atoms with Crippen molar-refractivity contribution in [1.82, 2.24) is 10.2 Å². The Kier molecular flexibility index (Phi) is 11.3. The minimum absolute atomic E-state index is 0. The molecule has 0 atom stereocenters. The Bertz CT molecular complexity index is 628. The Morgan fingerprint density at radius 1 is 1.21 bits per heavy atom. The summed E-state index contributed by atoms with van der Waals surface area (Å²) in [5.74, 6) is 0.939. The number of carbonyl (C=O) groups is 1. The van der Waals surface area contributed by atoms with Gasteiger partial charge in [-0.15, -0.1) is 24.8 Å². The van der Waals surface area contributed by atoms with Gasteiger partial charge in [0, 0.05) is 19.3 Å². The molecule has 2 N–H and O–H groups in total. The molecule has 1 amide bonds. The zero-order valence-corrected chi connectivity index (χ0v) is 19.1. The van der Waals surface area contributed by atoms with Crippen LogP contribution >= 0.6 is 24.8 Å². The van der Waals surface area contributed by atoms with Crippen LogP contribution in [0, 0.1) is 12.3 Å². The number of aryl methyl sites for hydroxylation is 1. The summed E-state index contributed by atoms with van der Waals surface area (Å²) in [7, 11) is 1.66. The van der Waals surface area contributed by atoms with Crippen molar-refractivity contribution >= 4 is 36.4 Å². The summed E-state index contributed by atoms with van der Waals surface area (Å²) < 4.78 is 11.3.